The third-order valence-electron chi connectivity index (χ3n) is 3.46. The van der Waals surface area contributed by atoms with E-state index < -0.39 is 17.6 Å². The molecule has 0 amide bonds. The molecular formula is C13H32O6Si2. The topological polar surface area (TPSA) is 55.4 Å². The van der Waals surface area contributed by atoms with Gasteiger partial charge in [-0.1, -0.05) is 6.92 Å². The molecule has 0 spiro atoms. The van der Waals surface area contributed by atoms with Gasteiger partial charge < -0.3 is 26.6 Å². The molecule has 0 bridgehead atoms. The van der Waals surface area contributed by atoms with Crippen molar-refractivity contribution in [2.75, 3.05) is 41.2 Å². The molecule has 0 aromatic rings. The lowest BCUT2D eigenvalue weighted by Gasteiger charge is -2.34. The molecule has 0 saturated heterocycles. The van der Waals surface area contributed by atoms with Crippen molar-refractivity contribution in [2.45, 2.75) is 45.7 Å². The predicted octanol–water partition coefficient (Wildman–Crippen LogP) is 2.69. The lowest BCUT2D eigenvalue weighted by Crippen LogP contribution is -2.51. The van der Waals surface area contributed by atoms with Crippen LogP contribution in [0.3, 0.4) is 0 Å². The van der Waals surface area contributed by atoms with Crippen molar-refractivity contribution in [3.63, 3.8) is 0 Å². The van der Waals surface area contributed by atoms with Crippen molar-refractivity contribution in [3.8, 4) is 0 Å². The molecule has 0 aliphatic carbocycles. The van der Waals surface area contributed by atoms with Crippen LogP contribution in [0.15, 0.2) is 0 Å². The molecule has 0 aliphatic heterocycles. The minimum absolute atomic E-state index is 0.157. The average molecular weight is 341 g/mol. The highest BCUT2D eigenvalue weighted by Gasteiger charge is 2.48. The van der Waals surface area contributed by atoms with Crippen molar-refractivity contribution in [1.82, 2.24) is 0 Å². The minimum Gasteiger partial charge on any atom is -0.377 e. The van der Waals surface area contributed by atoms with Crippen molar-refractivity contribution >= 4 is 17.6 Å². The van der Waals surface area contributed by atoms with Crippen LogP contribution in [0, 0.1) is 0 Å². The highest BCUT2D eigenvalue weighted by atomic mass is 28.4. The first-order chi connectivity index (χ1) is 9.99. The smallest absolute Gasteiger partial charge is 0.377 e. The molecule has 8 heteroatoms. The summed E-state index contributed by atoms with van der Waals surface area (Å²) in [5.74, 6) is 0. The second-order valence-electron chi connectivity index (χ2n) is 4.64. The normalized spacial score (nSPS) is 14.4. The third kappa shape index (κ3) is 6.07. The Bertz CT molecular complexity index is 238. The largest absolute Gasteiger partial charge is 0.503 e. The first-order valence-electron chi connectivity index (χ1n) is 7.56. The van der Waals surface area contributed by atoms with Gasteiger partial charge in [0.25, 0.3) is 0 Å². The summed E-state index contributed by atoms with van der Waals surface area (Å²) < 4.78 is 34.2. The fourth-order valence-corrected chi connectivity index (χ4v) is 7.28. The minimum atomic E-state index is -2.68. The van der Waals surface area contributed by atoms with E-state index >= 15 is 0 Å². The van der Waals surface area contributed by atoms with Gasteiger partial charge in [-0.25, -0.2) is 0 Å². The molecule has 0 N–H and O–H groups in total. The van der Waals surface area contributed by atoms with Crippen LogP contribution in [-0.2, 0) is 26.6 Å². The fraction of sp³-hybridized carbons (Fsp3) is 1.00. The molecule has 0 aromatic carbocycles. The molecular weight excluding hydrogens is 308 g/mol. The van der Waals surface area contributed by atoms with E-state index in [1.807, 2.05) is 20.8 Å². The van der Waals surface area contributed by atoms with Crippen molar-refractivity contribution in [3.05, 3.63) is 0 Å². The van der Waals surface area contributed by atoms with E-state index in [1.54, 1.807) is 21.3 Å². The Balaban J connectivity index is 4.90. The molecule has 0 heterocycles. The summed E-state index contributed by atoms with van der Waals surface area (Å²) >= 11 is 0. The van der Waals surface area contributed by atoms with Crippen LogP contribution < -0.4 is 0 Å². The Kier molecular flexibility index (Phi) is 10.9. The van der Waals surface area contributed by atoms with Gasteiger partial charge in [-0.15, -0.1) is 0 Å². The van der Waals surface area contributed by atoms with E-state index in [0.29, 0.717) is 25.9 Å². The van der Waals surface area contributed by atoms with Crippen LogP contribution >= 0.6 is 0 Å². The monoisotopic (exact) mass is 340 g/mol. The molecule has 1 unspecified atom stereocenters. The summed E-state index contributed by atoms with van der Waals surface area (Å²) in [6, 6.07) is 0.708. The van der Waals surface area contributed by atoms with Gasteiger partial charge in [0.15, 0.2) is 0 Å². The maximum atomic E-state index is 5.93. The van der Waals surface area contributed by atoms with Gasteiger partial charge >= 0.3 is 17.6 Å². The fourth-order valence-electron chi connectivity index (χ4n) is 2.28. The van der Waals surface area contributed by atoms with Crippen LogP contribution in [0.1, 0.15) is 34.1 Å². The third-order valence-corrected chi connectivity index (χ3v) is 9.79. The first kappa shape index (κ1) is 21.2. The molecule has 0 aromatic heterocycles. The Labute approximate surface area is 131 Å². The van der Waals surface area contributed by atoms with Crippen molar-refractivity contribution in [1.29, 1.82) is 0 Å². The van der Waals surface area contributed by atoms with E-state index in [0.717, 1.165) is 6.42 Å². The standard InChI is InChI=1S/C13H32O6Si2/c1-8-17-21(18-9-2,19-10-3)13(4)11-12-20(14-5,15-6)16-7/h13H,8-12H2,1-7H3. The predicted molar refractivity (Wildman–Crippen MR) is 86.3 cm³/mol. The zero-order chi connectivity index (χ0) is 16.4. The SMILES string of the molecule is CCO[Si](OCC)(OCC)C(C)CC[Si](OC)(OC)OC. The summed E-state index contributed by atoms with van der Waals surface area (Å²) in [5.41, 5.74) is 0.157. The zero-order valence-corrected chi connectivity index (χ0v) is 16.6. The molecule has 0 radical (unpaired) electrons. The number of rotatable bonds is 13. The van der Waals surface area contributed by atoms with E-state index in [9.17, 15) is 0 Å². The Morgan fingerprint density at radius 3 is 1.43 bits per heavy atom. The molecule has 128 valence electrons. The summed E-state index contributed by atoms with van der Waals surface area (Å²) in [7, 11) is -0.372. The van der Waals surface area contributed by atoms with Crippen molar-refractivity contribution in [2.24, 2.45) is 0 Å². The van der Waals surface area contributed by atoms with Gasteiger partial charge in [0.2, 0.25) is 0 Å². The maximum Gasteiger partial charge on any atom is 0.503 e. The van der Waals surface area contributed by atoms with Crippen molar-refractivity contribution < 1.29 is 26.6 Å². The molecule has 0 fully saturated rings. The van der Waals surface area contributed by atoms with E-state index in [4.69, 9.17) is 26.6 Å². The molecule has 21 heavy (non-hydrogen) atoms. The Morgan fingerprint density at radius 1 is 0.762 bits per heavy atom. The lowest BCUT2D eigenvalue weighted by molar-refractivity contribution is 0.0609. The maximum absolute atomic E-state index is 5.93. The van der Waals surface area contributed by atoms with Gasteiger partial charge in [-0.2, -0.15) is 0 Å². The summed E-state index contributed by atoms with van der Waals surface area (Å²) in [6.07, 6.45) is 0.813. The van der Waals surface area contributed by atoms with Gasteiger partial charge in [-0.3, -0.25) is 0 Å². The Morgan fingerprint density at radius 2 is 1.14 bits per heavy atom. The van der Waals surface area contributed by atoms with E-state index in [1.165, 1.54) is 0 Å². The van der Waals surface area contributed by atoms with Gasteiger partial charge in [0, 0.05) is 52.7 Å². The van der Waals surface area contributed by atoms with E-state index in [2.05, 4.69) is 6.92 Å². The molecule has 0 rings (SSSR count). The van der Waals surface area contributed by atoms with E-state index in [-0.39, 0.29) is 5.54 Å². The highest BCUT2D eigenvalue weighted by Crippen LogP contribution is 2.32. The number of hydrogen-bond donors (Lipinski definition) is 0. The molecule has 1 atom stereocenters. The molecule has 6 nitrogen and oxygen atoms in total. The quantitative estimate of drug-likeness (QED) is 0.481. The second-order valence-corrected chi connectivity index (χ2v) is 10.8. The first-order valence-corrected chi connectivity index (χ1v) is 11.3. The summed E-state index contributed by atoms with van der Waals surface area (Å²) in [6.45, 7) is 9.74. The van der Waals surface area contributed by atoms with Gasteiger partial charge in [0.1, 0.15) is 0 Å². The van der Waals surface area contributed by atoms with Crippen LogP contribution in [0.4, 0.5) is 0 Å². The zero-order valence-electron chi connectivity index (χ0n) is 14.6. The van der Waals surface area contributed by atoms with Crippen LogP contribution in [0.2, 0.25) is 11.6 Å². The average Bonchev–Trinajstić information content (AvgIpc) is 2.49. The molecule has 0 aliphatic rings. The van der Waals surface area contributed by atoms with Gasteiger partial charge in [0.05, 0.1) is 0 Å². The highest BCUT2D eigenvalue weighted by molar-refractivity contribution is 6.63. The number of hydrogen-bond acceptors (Lipinski definition) is 6. The lowest BCUT2D eigenvalue weighted by atomic mass is 10.4. The van der Waals surface area contributed by atoms with Crippen LogP contribution in [0.25, 0.3) is 0 Å². The summed E-state index contributed by atoms with van der Waals surface area (Å²) in [4.78, 5) is 0. The Hall–Kier alpha value is 0.194. The second kappa shape index (κ2) is 10.8. The van der Waals surface area contributed by atoms with Crippen LogP contribution in [0.5, 0.6) is 0 Å². The van der Waals surface area contributed by atoms with Gasteiger partial charge in [-0.05, 0) is 27.2 Å². The van der Waals surface area contributed by atoms with Crippen LogP contribution in [-0.4, -0.2) is 58.8 Å². The molecule has 0 saturated carbocycles. The summed E-state index contributed by atoms with van der Waals surface area (Å²) in [5, 5.41) is 0.